The number of rotatable bonds is 2. The number of hydrogen-bond acceptors (Lipinski definition) is 7. The predicted octanol–water partition coefficient (Wildman–Crippen LogP) is 2.18. The van der Waals surface area contributed by atoms with Crippen LogP contribution >= 0.6 is 0 Å². The van der Waals surface area contributed by atoms with E-state index in [1.165, 1.54) is 13.8 Å². The Bertz CT molecular complexity index is 847. The van der Waals surface area contributed by atoms with Crippen molar-refractivity contribution in [2.45, 2.75) is 84.7 Å². The molecule has 0 radical (unpaired) electrons. The Morgan fingerprint density at radius 3 is 2.19 bits per heavy atom. The molecule has 9 atom stereocenters. The zero-order valence-electron chi connectivity index (χ0n) is 19.0. The molecule has 2 bridgehead atoms. The molecule has 4 fully saturated rings. The van der Waals surface area contributed by atoms with E-state index in [2.05, 4.69) is 6.58 Å². The second-order valence-electron chi connectivity index (χ2n) is 11.0. The van der Waals surface area contributed by atoms with Crippen LogP contribution < -0.4 is 0 Å². The number of esters is 2. The minimum atomic E-state index is -1.09. The van der Waals surface area contributed by atoms with E-state index in [0.717, 1.165) is 0 Å². The van der Waals surface area contributed by atoms with Gasteiger partial charge < -0.3 is 19.7 Å². The first-order valence-corrected chi connectivity index (χ1v) is 11.2. The Kier molecular flexibility index (Phi) is 4.99. The number of carbonyl (C=O) groups is 3. The summed E-state index contributed by atoms with van der Waals surface area (Å²) in [5, 5.41) is 22.2. The first-order chi connectivity index (χ1) is 14.3. The van der Waals surface area contributed by atoms with Gasteiger partial charge in [-0.2, -0.15) is 0 Å². The molecule has 4 saturated carbocycles. The van der Waals surface area contributed by atoms with Gasteiger partial charge in [0.25, 0.3) is 0 Å². The van der Waals surface area contributed by atoms with Crippen LogP contribution in [0.2, 0.25) is 0 Å². The van der Waals surface area contributed by atoms with Crippen molar-refractivity contribution in [1.82, 2.24) is 0 Å². The van der Waals surface area contributed by atoms with Crippen LogP contribution in [-0.2, 0) is 23.9 Å². The largest absolute Gasteiger partial charge is 0.462 e. The summed E-state index contributed by atoms with van der Waals surface area (Å²) >= 11 is 0. The summed E-state index contributed by atoms with van der Waals surface area (Å²) in [5.74, 6) is -2.01. The molecule has 172 valence electrons. The predicted molar refractivity (Wildman–Crippen MR) is 111 cm³/mol. The van der Waals surface area contributed by atoms with Crippen LogP contribution in [0.3, 0.4) is 0 Å². The topological polar surface area (TPSA) is 110 Å². The van der Waals surface area contributed by atoms with E-state index in [1.807, 2.05) is 20.8 Å². The Labute approximate surface area is 183 Å². The fraction of sp³-hybridized carbons (Fsp3) is 0.792. The van der Waals surface area contributed by atoms with Gasteiger partial charge >= 0.3 is 11.9 Å². The summed E-state index contributed by atoms with van der Waals surface area (Å²) in [4.78, 5) is 37.9. The molecule has 4 aliphatic rings. The molecule has 0 amide bonds. The number of fused-ring (bicyclic) bond motifs is 3. The number of hydrogen-bond donors (Lipinski definition) is 2. The van der Waals surface area contributed by atoms with Crippen molar-refractivity contribution in [2.24, 2.45) is 34.0 Å². The highest BCUT2D eigenvalue weighted by molar-refractivity contribution is 6.04. The van der Waals surface area contributed by atoms with E-state index in [1.54, 1.807) is 0 Å². The summed E-state index contributed by atoms with van der Waals surface area (Å²) in [7, 11) is 0. The van der Waals surface area contributed by atoms with Crippen LogP contribution in [0, 0.1) is 34.0 Å². The number of carbonyl (C=O) groups excluding carboxylic acids is 3. The third kappa shape index (κ3) is 2.81. The van der Waals surface area contributed by atoms with Gasteiger partial charge in [0.1, 0.15) is 12.2 Å². The lowest BCUT2D eigenvalue weighted by atomic mass is 9.38. The molecule has 0 aromatic heterocycles. The minimum Gasteiger partial charge on any atom is -0.462 e. The van der Waals surface area contributed by atoms with E-state index in [9.17, 15) is 24.6 Å². The summed E-state index contributed by atoms with van der Waals surface area (Å²) in [5.41, 5.74) is -2.01. The smallest absolute Gasteiger partial charge is 0.302 e. The first kappa shape index (κ1) is 22.5. The molecule has 7 heteroatoms. The first-order valence-electron chi connectivity index (χ1n) is 11.2. The highest BCUT2D eigenvalue weighted by Crippen LogP contribution is 2.71. The summed E-state index contributed by atoms with van der Waals surface area (Å²) in [6.45, 7) is 12.6. The van der Waals surface area contributed by atoms with Crippen LogP contribution in [0.15, 0.2) is 12.2 Å². The van der Waals surface area contributed by atoms with Crippen LogP contribution in [0.1, 0.15) is 60.3 Å². The average Bonchev–Trinajstić information content (AvgIpc) is 2.83. The molecule has 0 aromatic rings. The lowest BCUT2D eigenvalue weighted by molar-refractivity contribution is -0.274. The van der Waals surface area contributed by atoms with Crippen molar-refractivity contribution in [3.05, 3.63) is 12.2 Å². The Balaban J connectivity index is 1.96. The lowest BCUT2D eigenvalue weighted by Gasteiger charge is -2.67. The number of aliphatic hydroxyl groups excluding tert-OH is 2. The average molecular weight is 435 g/mol. The third-order valence-electron chi connectivity index (χ3n) is 9.23. The highest BCUT2D eigenvalue weighted by atomic mass is 16.6. The molecular weight excluding hydrogens is 400 g/mol. The SMILES string of the molecule is C=C1C(=O)C23CC1CC(OC(C)=O)C2C1(C)C(O)CC(O)C(C)(C)C1CC3OC(C)=O. The highest BCUT2D eigenvalue weighted by Gasteiger charge is 2.76. The fourth-order valence-electron chi connectivity index (χ4n) is 7.91. The van der Waals surface area contributed by atoms with Crippen molar-refractivity contribution in [1.29, 1.82) is 0 Å². The second kappa shape index (κ2) is 6.88. The lowest BCUT2D eigenvalue weighted by Crippen LogP contribution is -2.72. The van der Waals surface area contributed by atoms with Crippen LogP contribution in [0.5, 0.6) is 0 Å². The maximum atomic E-state index is 13.8. The molecule has 9 unspecified atom stereocenters. The number of ketones is 1. The van der Waals surface area contributed by atoms with Gasteiger partial charge in [-0.1, -0.05) is 27.4 Å². The van der Waals surface area contributed by atoms with Crippen molar-refractivity contribution < 1.29 is 34.1 Å². The standard InChI is InChI=1S/C24H34O7/c1-11-14-7-15(30-12(2)25)20-23(6)16(22(4,5)17(27)9-18(23)28)8-19(31-13(3)26)24(20,10-14)21(11)29/h14-20,27-28H,1,7-10H2,2-6H3. The van der Waals surface area contributed by atoms with Crippen LogP contribution in [0.4, 0.5) is 0 Å². The van der Waals surface area contributed by atoms with Gasteiger partial charge in [-0.3, -0.25) is 14.4 Å². The molecule has 0 aromatic carbocycles. The molecule has 4 aliphatic carbocycles. The second-order valence-corrected chi connectivity index (χ2v) is 11.0. The quantitative estimate of drug-likeness (QED) is 0.506. The normalized spacial score (nSPS) is 47.9. The van der Waals surface area contributed by atoms with Gasteiger partial charge in [0, 0.05) is 31.6 Å². The monoisotopic (exact) mass is 434 g/mol. The molecule has 31 heavy (non-hydrogen) atoms. The van der Waals surface area contributed by atoms with Crippen LogP contribution in [0.25, 0.3) is 0 Å². The zero-order chi connectivity index (χ0) is 23.1. The third-order valence-corrected chi connectivity index (χ3v) is 9.23. The van der Waals surface area contributed by atoms with Crippen molar-refractivity contribution >= 4 is 17.7 Å². The van der Waals surface area contributed by atoms with Gasteiger partial charge in [0.2, 0.25) is 0 Å². The van der Waals surface area contributed by atoms with Crippen molar-refractivity contribution in [3.63, 3.8) is 0 Å². The van der Waals surface area contributed by atoms with E-state index in [-0.39, 0.29) is 24.0 Å². The van der Waals surface area contributed by atoms with E-state index in [0.29, 0.717) is 24.8 Å². The Morgan fingerprint density at radius 2 is 1.61 bits per heavy atom. The van der Waals surface area contributed by atoms with E-state index in [4.69, 9.17) is 9.47 Å². The summed E-state index contributed by atoms with van der Waals surface area (Å²) < 4.78 is 11.6. The van der Waals surface area contributed by atoms with Gasteiger partial charge in [-0.05, 0) is 42.1 Å². The van der Waals surface area contributed by atoms with Gasteiger partial charge in [0.05, 0.1) is 17.6 Å². The molecule has 0 heterocycles. The van der Waals surface area contributed by atoms with Crippen LogP contribution in [-0.4, -0.2) is 52.4 Å². The van der Waals surface area contributed by atoms with Gasteiger partial charge in [0.15, 0.2) is 5.78 Å². The van der Waals surface area contributed by atoms with E-state index >= 15 is 0 Å². The molecule has 2 N–H and O–H groups in total. The van der Waals surface area contributed by atoms with Gasteiger partial charge in [-0.15, -0.1) is 0 Å². The molecular formula is C24H34O7. The number of aliphatic hydroxyl groups is 2. The number of allylic oxidation sites excluding steroid dienone is 1. The van der Waals surface area contributed by atoms with Crippen molar-refractivity contribution in [2.75, 3.05) is 0 Å². The fourth-order valence-corrected chi connectivity index (χ4v) is 7.91. The Hall–Kier alpha value is -1.73. The molecule has 4 rings (SSSR count). The summed E-state index contributed by atoms with van der Waals surface area (Å²) in [6, 6.07) is 0. The summed E-state index contributed by atoms with van der Waals surface area (Å²) in [6.07, 6.45) is -1.50. The molecule has 0 saturated heterocycles. The maximum Gasteiger partial charge on any atom is 0.302 e. The number of ether oxygens (including phenoxy) is 2. The zero-order valence-corrected chi connectivity index (χ0v) is 19.0. The minimum absolute atomic E-state index is 0.140. The number of Topliss-reactive ketones (excluding diaryl/α,β-unsaturated/α-hetero) is 1. The molecule has 1 spiro atoms. The molecule has 7 nitrogen and oxygen atoms in total. The maximum absolute atomic E-state index is 13.8. The molecule has 0 aliphatic heterocycles. The van der Waals surface area contributed by atoms with E-state index < -0.39 is 58.5 Å². The van der Waals surface area contributed by atoms with Gasteiger partial charge in [-0.25, -0.2) is 0 Å². The Morgan fingerprint density at radius 1 is 1.00 bits per heavy atom. The van der Waals surface area contributed by atoms with Crippen molar-refractivity contribution in [3.8, 4) is 0 Å².